The van der Waals surface area contributed by atoms with Crippen molar-refractivity contribution in [2.75, 3.05) is 83.6 Å². The van der Waals surface area contributed by atoms with Crippen LogP contribution in [-0.2, 0) is 38.7 Å². The van der Waals surface area contributed by atoms with E-state index in [1.165, 1.54) is 78.5 Å². The number of halogens is 2. The van der Waals surface area contributed by atoms with Crippen molar-refractivity contribution in [3.05, 3.63) is 102 Å². The third kappa shape index (κ3) is 28.9. The van der Waals surface area contributed by atoms with Crippen molar-refractivity contribution in [2.24, 2.45) is 0 Å². The molecule has 10 nitrogen and oxygen atoms in total. The molecule has 4 N–H and O–H groups in total. The maximum absolute atomic E-state index is 10.5. The van der Waals surface area contributed by atoms with Gasteiger partial charge in [0.05, 0.1) is 30.0 Å². The molecule has 70 heavy (non-hydrogen) atoms. The summed E-state index contributed by atoms with van der Waals surface area (Å²) in [6.07, 6.45) is 0.454. The molecule has 0 saturated carbocycles. The minimum atomic E-state index is -0.545. The molecule has 0 aromatic heterocycles. The van der Waals surface area contributed by atoms with Crippen molar-refractivity contribution >= 4 is 108 Å². The predicted molar refractivity (Wildman–Crippen MR) is 316 cm³/mol. The average molecular weight is 1510 g/mol. The van der Waals surface area contributed by atoms with Gasteiger partial charge in [0.1, 0.15) is 30.0 Å². The second kappa shape index (κ2) is 47.4. The van der Waals surface area contributed by atoms with Gasteiger partial charge in [-0.2, -0.15) is 0 Å². The Kier molecular flexibility index (Phi) is 49.3. The third-order valence-corrected chi connectivity index (χ3v) is 11.7. The van der Waals surface area contributed by atoms with Gasteiger partial charge >= 0.3 is 160 Å². The number of fused-ring (bicyclic) bond motifs is 1. The summed E-state index contributed by atoms with van der Waals surface area (Å²) in [5, 5.41) is 42.5. The number of nitrogens with zero attached hydrogens (tertiary/aromatic N) is 4. The van der Waals surface area contributed by atoms with E-state index < -0.39 is 12.2 Å². The van der Waals surface area contributed by atoms with Gasteiger partial charge in [0.15, 0.2) is 0 Å². The molecule has 0 bridgehead atoms. The van der Waals surface area contributed by atoms with Crippen LogP contribution in [0.1, 0.15) is 36.1 Å². The molecule has 2 heterocycles. The summed E-state index contributed by atoms with van der Waals surface area (Å²) in [5.41, 5.74) is 4.80. The van der Waals surface area contributed by atoms with Gasteiger partial charge in [0.2, 0.25) is 0 Å². The van der Waals surface area contributed by atoms with Crippen LogP contribution in [0.15, 0.2) is 72.8 Å². The van der Waals surface area contributed by atoms with Crippen LogP contribution in [0, 0.1) is 34.3 Å². The van der Waals surface area contributed by atoms with Gasteiger partial charge in [-0.15, -0.1) is 13.6 Å². The quantitative estimate of drug-likeness (QED) is 0.0613. The van der Waals surface area contributed by atoms with Crippen molar-refractivity contribution in [1.29, 1.82) is 0 Å². The van der Waals surface area contributed by atoms with Crippen molar-refractivity contribution in [3.63, 3.8) is 0 Å². The Morgan fingerprint density at radius 2 is 1.09 bits per heavy atom. The molecule has 376 valence electrons. The number of ether oxygens (including phenoxy) is 2. The number of piperazine rings is 2. The molecule has 10 radical (unpaired) electrons. The normalized spacial score (nSPS) is 13.5. The molecule has 2 aliphatic rings. The van der Waals surface area contributed by atoms with Crippen molar-refractivity contribution < 1.29 is 68.6 Å². The molecule has 4 aromatic carbocycles. The van der Waals surface area contributed by atoms with E-state index in [4.69, 9.17) is 31.5 Å². The summed E-state index contributed by atoms with van der Waals surface area (Å²) < 4.78 is 16.9. The Morgan fingerprint density at radius 3 is 1.51 bits per heavy atom. The van der Waals surface area contributed by atoms with Crippen molar-refractivity contribution in [3.8, 4) is 23.0 Å². The molecule has 6 rings (SSSR count). The molecular weight excluding hydrogens is 1440 g/mol. The summed E-state index contributed by atoms with van der Waals surface area (Å²) in [4.78, 5) is 9.14. The number of aliphatic hydroxyl groups excluding tert-OH is 2. The van der Waals surface area contributed by atoms with Gasteiger partial charge in [-0.25, -0.2) is 0 Å². The maximum atomic E-state index is 10.5. The van der Waals surface area contributed by atoms with Crippen LogP contribution >= 0.6 is 37.2 Å². The monoisotopic (exact) mass is 1510 g/mol. The van der Waals surface area contributed by atoms with Gasteiger partial charge in [-0.05, 0) is 62.1 Å². The Morgan fingerprint density at radius 1 is 0.686 bits per heavy atom. The molecule has 0 spiro atoms. The SMILES string of the molecule is CC.Cc1c(C)c(OCC(O)CN2CCN(c3ccccc3)CC2)c(C)c(C)c1O.II.Oc1ccc(OCC(O)CN2CCN([C-]=[W])CC2)c2ccccc12.[B]C.[B]C.[B][B]C.[B][B]C.[CH-]=C[CH]=[W]. The van der Waals surface area contributed by atoms with E-state index in [0.29, 0.717) is 24.6 Å². The van der Waals surface area contributed by atoms with Crippen LogP contribution in [-0.4, -0.2) is 180 Å². The van der Waals surface area contributed by atoms with E-state index >= 15 is 0 Å². The van der Waals surface area contributed by atoms with E-state index in [-0.39, 0.29) is 19.0 Å². The number of anilines is 1. The number of rotatable bonds is 13. The van der Waals surface area contributed by atoms with Gasteiger partial charge in [0, 0.05) is 91.1 Å². The van der Waals surface area contributed by atoms with E-state index in [9.17, 15) is 20.4 Å². The fourth-order valence-corrected chi connectivity index (χ4v) is 7.43. The molecule has 2 aliphatic heterocycles. The summed E-state index contributed by atoms with van der Waals surface area (Å²) in [6.45, 7) is 32.5. The van der Waals surface area contributed by atoms with Crippen LogP contribution in [0.2, 0.25) is 27.3 Å². The van der Waals surface area contributed by atoms with Gasteiger partial charge in [0.25, 0.3) is 0 Å². The second-order valence-electron chi connectivity index (χ2n) is 14.7. The Bertz CT molecular complexity index is 1910. The summed E-state index contributed by atoms with van der Waals surface area (Å²) in [6, 6.07) is 21.4. The topological polar surface area (TPSA) is 112 Å². The number of hydrogen-bond acceptors (Lipinski definition) is 10. The standard InChI is InChI=1S/C23H32N2O3.C18H21N2O3.C3H3.C2H6.2CH3B2.2CH3B.I2.2W/c1-16-18(3)23(19(4)17(2)22(16)27)28-15-21(26)14-24-10-12-25(13-11-24)20-8-6-5-7-9-20;1-19-8-10-20(11-9-19)12-14(21)13-23-18-7-6-17(22)15-4-2-3-5-16(15)18;1-3-2;1-2;2*1-3-2;3*1-2;;/h5-9,21,26-27H,10-15H2,1-4H3;2-7,14,21-22H,8-13H2;1-3H;1-2H3;2*1H3;2*1H3;;;/q;2*-1;;;;;;;;. The third-order valence-electron chi connectivity index (χ3n) is 10.2. The number of allylic oxidation sites excluding steroid dienone is 1. The van der Waals surface area contributed by atoms with E-state index in [0.717, 1.165) is 91.1 Å². The molecular formula is C50H74B6I2N4O6W2-2. The van der Waals surface area contributed by atoms with Crippen molar-refractivity contribution in [2.45, 2.75) is 81.0 Å². The number of aromatic hydroxyl groups is 2. The molecule has 2 fully saturated rings. The first-order chi connectivity index (χ1) is 33.8. The van der Waals surface area contributed by atoms with Crippen LogP contribution in [0.5, 0.6) is 23.0 Å². The van der Waals surface area contributed by atoms with Gasteiger partial charge in [-0.3, -0.25) is 4.90 Å². The Balaban J connectivity index is -0.000000967. The molecule has 0 aliphatic carbocycles. The predicted octanol–water partition coefficient (Wildman–Crippen LogP) is 7.45. The summed E-state index contributed by atoms with van der Waals surface area (Å²) in [5.74, 6) is 2.04. The van der Waals surface area contributed by atoms with Crippen molar-refractivity contribution in [1.82, 2.24) is 14.7 Å². The number of benzene rings is 4. The first kappa shape index (κ1) is 72.9. The first-order valence-corrected chi connectivity index (χ1v) is 32.5. The van der Waals surface area contributed by atoms with Crippen LogP contribution in [0.25, 0.3) is 10.8 Å². The van der Waals surface area contributed by atoms with Gasteiger partial charge < -0.3 is 25.0 Å². The number of hydrogen-bond donors (Lipinski definition) is 4. The molecule has 20 heteroatoms. The van der Waals surface area contributed by atoms with E-state index in [1.54, 1.807) is 25.8 Å². The van der Waals surface area contributed by atoms with Crippen LogP contribution in [0.3, 0.4) is 0 Å². The number of aliphatic hydroxyl groups is 2. The van der Waals surface area contributed by atoms with Gasteiger partial charge in [-0.1, -0.05) is 63.9 Å². The Hall–Kier alpha value is -1.35. The number of β-amino-alcohol motifs (C(OH)–C–C–N with tert-alkyl or cyclic N) is 2. The average Bonchev–Trinajstić information content (AvgIpc) is 3.41. The number of para-hydroxylation sites is 1. The van der Waals surface area contributed by atoms with E-state index in [1.807, 2.05) is 76.3 Å². The molecule has 2 saturated heterocycles. The fourth-order valence-electron chi connectivity index (χ4n) is 6.77. The van der Waals surface area contributed by atoms with Crippen LogP contribution < -0.4 is 14.4 Å². The minimum absolute atomic E-state index is 0.239. The molecule has 2 unspecified atom stereocenters. The summed E-state index contributed by atoms with van der Waals surface area (Å²) in [7, 11) is 21.4. The Labute approximate surface area is 476 Å². The number of phenolic OH excluding ortho intramolecular Hbond substituents is 2. The molecule has 2 atom stereocenters. The molecule has 4 aromatic rings. The molecule has 0 amide bonds. The summed E-state index contributed by atoms with van der Waals surface area (Å²) >= 11 is 7.00. The first-order valence-electron chi connectivity index (χ1n) is 23.1. The van der Waals surface area contributed by atoms with E-state index in [2.05, 4.69) is 101 Å². The number of phenols is 2. The fraction of sp³-hybridized carbons (Fsp3) is 0.480. The second-order valence-corrected chi connectivity index (χ2v) is 16.4. The zero-order chi connectivity index (χ0) is 54.0. The zero-order valence-electron chi connectivity index (χ0n) is 43.2. The zero-order valence-corrected chi connectivity index (χ0v) is 53.3. The van der Waals surface area contributed by atoms with Crippen LogP contribution in [0.4, 0.5) is 5.69 Å².